The molecule has 1 aliphatic rings. The number of nitriles is 1. The lowest BCUT2D eigenvalue weighted by Gasteiger charge is -2.40. The highest BCUT2D eigenvalue weighted by Gasteiger charge is 2.39. The van der Waals surface area contributed by atoms with Crippen LogP contribution in [0.15, 0.2) is 30.9 Å². The van der Waals surface area contributed by atoms with E-state index in [2.05, 4.69) is 16.5 Å². The zero-order chi connectivity index (χ0) is 31.4. The van der Waals surface area contributed by atoms with E-state index in [9.17, 15) is 27.6 Å². The van der Waals surface area contributed by atoms with E-state index in [0.29, 0.717) is 4.88 Å². The Kier molecular flexibility index (Phi) is 7.77. The fourth-order valence-electron chi connectivity index (χ4n) is 5.52. The van der Waals surface area contributed by atoms with E-state index >= 15 is 4.39 Å². The number of alkyl halides is 3. The molecule has 1 amide bonds. The van der Waals surface area contributed by atoms with Crippen LogP contribution in [0.1, 0.15) is 42.7 Å². The summed E-state index contributed by atoms with van der Waals surface area (Å²) in [6, 6.07) is 4.18. The lowest BCUT2D eigenvalue weighted by atomic mass is 9.91. The summed E-state index contributed by atoms with van der Waals surface area (Å²) in [7, 11) is 1.25. The molecule has 0 radical (unpaired) electrons. The minimum Gasteiger partial charge on any atom is -0.467 e. The number of carbonyl (C=O) groups is 1. The summed E-state index contributed by atoms with van der Waals surface area (Å²) in [4.78, 5) is 24.3. The van der Waals surface area contributed by atoms with Gasteiger partial charge in [0.25, 0.3) is 0 Å². The van der Waals surface area contributed by atoms with E-state index < -0.39 is 34.5 Å². The monoisotopic (exact) mass is 615 g/mol. The van der Waals surface area contributed by atoms with Gasteiger partial charge >= 0.3 is 12.2 Å². The third kappa shape index (κ3) is 5.03. The average Bonchev–Trinajstić information content (AvgIpc) is 3.37. The van der Waals surface area contributed by atoms with Gasteiger partial charge in [-0.05, 0) is 36.6 Å². The van der Waals surface area contributed by atoms with Crippen molar-refractivity contribution in [1.82, 2.24) is 14.9 Å². The first-order valence-electron chi connectivity index (χ1n) is 13.3. The zero-order valence-corrected chi connectivity index (χ0v) is 24.5. The maximum absolute atomic E-state index is 16.6. The molecule has 43 heavy (non-hydrogen) atoms. The van der Waals surface area contributed by atoms with Gasteiger partial charge in [-0.25, -0.2) is 8.78 Å². The minimum absolute atomic E-state index is 0.000918. The van der Waals surface area contributed by atoms with E-state index in [0.717, 1.165) is 29.5 Å². The number of amides is 1. The van der Waals surface area contributed by atoms with Gasteiger partial charge in [0.15, 0.2) is 5.82 Å². The van der Waals surface area contributed by atoms with Crippen molar-refractivity contribution in [2.45, 2.75) is 38.9 Å². The molecule has 2 aromatic heterocycles. The van der Waals surface area contributed by atoms with Crippen molar-refractivity contribution in [1.29, 1.82) is 5.26 Å². The smallest absolute Gasteiger partial charge is 0.417 e. The molecular formula is C30H26F5N5O2S. The number of hydrogen-bond acceptors (Lipinski definition) is 7. The molecule has 7 nitrogen and oxygen atoms in total. The average molecular weight is 616 g/mol. The van der Waals surface area contributed by atoms with Crippen LogP contribution in [0.2, 0.25) is 0 Å². The highest BCUT2D eigenvalue weighted by Crippen LogP contribution is 2.48. The van der Waals surface area contributed by atoms with Crippen LogP contribution in [0.4, 0.5) is 27.8 Å². The van der Waals surface area contributed by atoms with Crippen LogP contribution in [-0.2, 0) is 11.0 Å². The van der Waals surface area contributed by atoms with Crippen molar-refractivity contribution in [3.63, 3.8) is 0 Å². The summed E-state index contributed by atoms with van der Waals surface area (Å²) in [5.41, 5.74) is -2.88. The summed E-state index contributed by atoms with van der Waals surface area (Å²) in [5, 5.41) is 9.68. The molecule has 3 heterocycles. The molecule has 224 valence electrons. The molecule has 0 bridgehead atoms. The van der Waals surface area contributed by atoms with Gasteiger partial charge in [-0.3, -0.25) is 4.79 Å². The van der Waals surface area contributed by atoms with Crippen molar-refractivity contribution in [2.24, 2.45) is 0 Å². The largest absolute Gasteiger partial charge is 0.467 e. The van der Waals surface area contributed by atoms with Crippen molar-refractivity contribution < 1.29 is 31.5 Å². The highest BCUT2D eigenvalue weighted by atomic mass is 32.1. The molecule has 0 spiro atoms. The number of nitrogens with zero attached hydrogens (tertiary/aromatic N) is 5. The number of halogens is 5. The van der Waals surface area contributed by atoms with Crippen molar-refractivity contribution >= 4 is 44.1 Å². The second kappa shape index (κ2) is 11.1. The van der Waals surface area contributed by atoms with Gasteiger partial charge in [-0.15, -0.1) is 11.3 Å². The fourth-order valence-corrected chi connectivity index (χ4v) is 6.71. The Balaban J connectivity index is 1.82. The number of rotatable bonds is 5. The molecule has 1 fully saturated rings. The predicted molar refractivity (Wildman–Crippen MR) is 154 cm³/mol. The van der Waals surface area contributed by atoms with Gasteiger partial charge < -0.3 is 14.5 Å². The van der Waals surface area contributed by atoms with Crippen LogP contribution in [0, 0.1) is 23.0 Å². The van der Waals surface area contributed by atoms with E-state index in [4.69, 9.17) is 4.74 Å². The Morgan fingerprint density at radius 2 is 1.98 bits per heavy atom. The van der Waals surface area contributed by atoms with Crippen LogP contribution >= 0.6 is 11.3 Å². The second-order valence-corrected chi connectivity index (χ2v) is 11.5. The first-order chi connectivity index (χ1) is 20.3. The number of ether oxygens (including phenoxy) is 1. The topological polar surface area (TPSA) is 82.3 Å². The minimum atomic E-state index is -5.05. The van der Waals surface area contributed by atoms with E-state index in [1.807, 2.05) is 6.07 Å². The summed E-state index contributed by atoms with van der Waals surface area (Å²) < 4.78 is 81.0. The standard InChI is InChI=1S/C30H26F5N5O2S/c1-6-21(41)40-10-9-39(13-15(40)4)28-17-11-19(30(33,34)35)23(24(32)25(17)37-29(38-28)42-5)16-7-8-20(31)27-22(16)18(12-36)26(43-27)14(2)3/h6-8,11,14-15H,1,9-10,13H2,2-5H3. The SMILES string of the molecule is C=CC(=O)N1CCN(c2nc(OC)nc3c(F)c(-c4ccc(F)c5sc(C(C)C)c(C#N)c45)c(C(F)(F)F)cc23)CC1C. The maximum Gasteiger partial charge on any atom is 0.417 e. The molecule has 1 saturated heterocycles. The van der Waals surface area contributed by atoms with Crippen LogP contribution < -0.4 is 9.64 Å². The summed E-state index contributed by atoms with van der Waals surface area (Å²) in [6.45, 7) is 9.44. The number of carbonyl (C=O) groups excluding carboxylic acids is 1. The van der Waals surface area contributed by atoms with E-state index in [1.54, 1.807) is 30.6 Å². The summed E-state index contributed by atoms with van der Waals surface area (Å²) >= 11 is 0.958. The molecule has 13 heteroatoms. The van der Waals surface area contributed by atoms with Gasteiger partial charge in [0.05, 0.1) is 22.9 Å². The summed E-state index contributed by atoms with van der Waals surface area (Å²) in [5.74, 6) is -2.54. The number of anilines is 1. The maximum atomic E-state index is 16.6. The van der Waals surface area contributed by atoms with E-state index in [1.165, 1.54) is 13.2 Å². The molecule has 0 aliphatic carbocycles. The normalized spacial score (nSPS) is 15.8. The molecule has 1 atom stereocenters. The van der Waals surface area contributed by atoms with Crippen LogP contribution in [-0.4, -0.2) is 53.6 Å². The molecule has 1 unspecified atom stereocenters. The Labute approximate surface area is 247 Å². The van der Waals surface area contributed by atoms with Gasteiger partial charge in [0.1, 0.15) is 23.2 Å². The van der Waals surface area contributed by atoms with Crippen molar-refractivity contribution in [3.8, 4) is 23.2 Å². The molecule has 0 saturated carbocycles. The Bertz CT molecular complexity index is 1830. The molecular weight excluding hydrogens is 589 g/mol. The number of aromatic nitrogens is 2. The summed E-state index contributed by atoms with van der Waals surface area (Å²) in [6.07, 6.45) is -3.86. The third-order valence-corrected chi connectivity index (χ3v) is 8.99. The first-order valence-corrected chi connectivity index (χ1v) is 14.1. The number of piperazine rings is 1. The van der Waals surface area contributed by atoms with Crippen molar-refractivity contribution in [3.05, 3.63) is 58.5 Å². The Hall–Kier alpha value is -4.31. The second-order valence-electron chi connectivity index (χ2n) is 10.5. The number of hydrogen-bond donors (Lipinski definition) is 0. The van der Waals surface area contributed by atoms with E-state index in [-0.39, 0.29) is 75.9 Å². The quantitative estimate of drug-likeness (QED) is 0.177. The van der Waals surface area contributed by atoms with Crippen LogP contribution in [0.25, 0.3) is 32.1 Å². The van der Waals surface area contributed by atoms with Gasteiger partial charge in [-0.2, -0.15) is 28.4 Å². The number of fused-ring (bicyclic) bond motifs is 2. The lowest BCUT2D eigenvalue weighted by molar-refractivity contribution is -0.137. The van der Waals surface area contributed by atoms with Crippen LogP contribution in [0.5, 0.6) is 6.01 Å². The number of thiophene rings is 1. The molecule has 5 rings (SSSR count). The molecule has 0 N–H and O–H groups in total. The highest BCUT2D eigenvalue weighted by molar-refractivity contribution is 7.19. The fraction of sp³-hybridized carbons (Fsp3) is 0.333. The van der Waals surface area contributed by atoms with Crippen LogP contribution in [0.3, 0.4) is 0 Å². The molecule has 4 aromatic rings. The van der Waals surface area contributed by atoms with Gasteiger partial charge in [0, 0.05) is 46.9 Å². The Morgan fingerprint density at radius 1 is 1.26 bits per heavy atom. The zero-order valence-electron chi connectivity index (χ0n) is 23.6. The lowest BCUT2D eigenvalue weighted by Crippen LogP contribution is -2.54. The number of methoxy groups -OCH3 is 1. The molecule has 1 aliphatic heterocycles. The first kappa shape index (κ1) is 30.2. The predicted octanol–water partition coefficient (Wildman–Crippen LogP) is 7.04. The van der Waals surface area contributed by atoms with Gasteiger partial charge in [0.2, 0.25) is 5.91 Å². The van der Waals surface area contributed by atoms with Gasteiger partial charge in [-0.1, -0.05) is 26.5 Å². The molecule has 2 aromatic carbocycles. The number of benzene rings is 2. The van der Waals surface area contributed by atoms with Crippen molar-refractivity contribution in [2.75, 3.05) is 31.6 Å². The third-order valence-electron chi connectivity index (χ3n) is 7.49. The Morgan fingerprint density at radius 3 is 2.56 bits per heavy atom.